The summed E-state index contributed by atoms with van der Waals surface area (Å²) < 4.78 is 4.99. The minimum Gasteiger partial charge on any atom is -0.353 e. The number of aromatic nitrogens is 2. The molecule has 1 heterocycles. The number of hydrogen-bond acceptors (Lipinski definition) is 5. The van der Waals surface area contributed by atoms with Crippen molar-refractivity contribution in [1.82, 2.24) is 15.5 Å². The molecule has 1 saturated carbocycles. The molecule has 2 unspecified atom stereocenters. The molecule has 0 aromatic carbocycles. The summed E-state index contributed by atoms with van der Waals surface area (Å²) in [7, 11) is 0. The Bertz CT molecular complexity index is 424. The van der Waals surface area contributed by atoms with Crippen molar-refractivity contribution in [3.8, 4) is 0 Å². The molecular weight excluding hydrogens is 280 g/mol. The van der Waals surface area contributed by atoms with E-state index in [-0.39, 0.29) is 24.4 Å². The fourth-order valence-corrected chi connectivity index (χ4v) is 2.62. The maximum Gasteiger partial charge on any atom is 0.227 e. The molecule has 114 valence electrons. The SMILES string of the molecule is Cc1noc(CCC(=O)NC2CCCCC2CN)n1.Cl. The fourth-order valence-electron chi connectivity index (χ4n) is 2.62. The lowest BCUT2D eigenvalue weighted by molar-refractivity contribution is -0.122. The van der Waals surface area contributed by atoms with Crippen molar-refractivity contribution in [2.75, 3.05) is 6.54 Å². The molecule has 2 rings (SSSR count). The predicted molar refractivity (Wildman–Crippen MR) is 77.5 cm³/mol. The van der Waals surface area contributed by atoms with Gasteiger partial charge in [-0.3, -0.25) is 4.79 Å². The summed E-state index contributed by atoms with van der Waals surface area (Å²) in [5.41, 5.74) is 5.75. The summed E-state index contributed by atoms with van der Waals surface area (Å²) in [6.07, 6.45) is 5.42. The maximum atomic E-state index is 11.9. The summed E-state index contributed by atoms with van der Waals surface area (Å²) in [5, 5.41) is 6.79. The number of halogens is 1. The third-order valence-corrected chi connectivity index (χ3v) is 3.69. The van der Waals surface area contributed by atoms with Crippen LogP contribution in [0, 0.1) is 12.8 Å². The number of nitrogens with zero attached hydrogens (tertiary/aromatic N) is 2. The van der Waals surface area contributed by atoms with E-state index in [9.17, 15) is 4.79 Å². The second kappa shape index (κ2) is 8.21. The average Bonchev–Trinajstić information content (AvgIpc) is 2.83. The number of aryl methyl sites for hydroxylation is 2. The molecule has 2 atom stereocenters. The van der Waals surface area contributed by atoms with Gasteiger partial charge >= 0.3 is 0 Å². The number of carbonyl (C=O) groups is 1. The van der Waals surface area contributed by atoms with Crippen LogP contribution >= 0.6 is 12.4 Å². The van der Waals surface area contributed by atoms with Crippen LogP contribution in [0.1, 0.15) is 43.8 Å². The molecule has 0 bridgehead atoms. The van der Waals surface area contributed by atoms with Crippen molar-refractivity contribution in [2.45, 2.75) is 51.5 Å². The van der Waals surface area contributed by atoms with Gasteiger partial charge in [0.1, 0.15) is 0 Å². The van der Waals surface area contributed by atoms with Crippen LogP contribution in [0.15, 0.2) is 4.52 Å². The van der Waals surface area contributed by atoms with Gasteiger partial charge in [-0.15, -0.1) is 12.4 Å². The number of hydrogen-bond donors (Lipinski definition) is 2. The van der Waals surface area contributed by atoms with Crippen molar-refractivity contribution in [2.24, 2.45) is 11.7 Å². The van der Waals surface area contributed by atoms with Crippen molar-refractivity contribution in [3.05, 3.63) is 11.7 Å². The smallest absolute Gasteiger partial charge is 0.227 e. The second-order valence-corrected chi connectivity index (χ2v) is 5.19. The molecule has 1 aromatic rings. The molecule has 3 N–H and O–H groups in total. The molecule has 0 aliphatic heterocycles. The van der Waals surface area contributed by atoms with Crippen LogP contribution in [0.2, 0.25) is 0 Å². The Balaban J connectivity index is 0.00000200. The molecule has 20 heavy (non-hydrogen) atoms. The van der Waals surface area contributed by atoms with Crippen LogP contribution in [0.25, 0.3) is 0 Å². The zero-order valence-electron chi connectivity index (χ0n) is 11.8. The van der Waals surface area contributed by atoms with Crippen LogP contribution in [0.5, 0.6) is 0 Å². The number of amides is 1. The van der Waals surface area contributed by atoms with E-state index in [1.54, 1.807) is 6.92 Å². The summed E-state index contributed by atoms with van der Waals surface area (Å²) in [5.74, 6) is 1.59. The highest BCUT2D eigenvalue weighted by atomic mass is 35.5. The van der Waals surface area contributed by atoms with Crippen LogP contribution in [0.4, 0.5) is 0 Å². The number of nitrogens with one attached hydrogen (secondary N) is 1. The number of rotatable bonds is 5. The van der Waals surface area contributed by atoms with Gasteiger partial charge in [0.05, 0.1) is 0 Å². The Hall–Kier alpha value is -1.14. The molecule has 7 heteroatoms. The van der Waals surface area contributed by atoms with Gasteiger partial charge < -0.3 is 15.6 Å². The predicted octanol–water partition coefficient (Wildman–Crippen LogP) is 1.37. The Morgan fingerprint density at radius 3 is 2.85 bits per heavy atom. The summed E-state index contributed by atoms with van der Waals surface area (Å²) in [4.78, 5) is 16.0. The van der Waals surface area contributed by atoms with Crippen LogP contribution < -0.4 is 11.1 Å². The fraction of sp³-hybridized carbons (Fsp3) is 0.769. The van der Waals surface area contributed by atoms with Gasteiger partial charge in [-0.05, 0) is 32.2 Å². The Morgan fingerprint density at radius 2 is 2.20 bits per heavy atom. The Kier molecular flexibility index (Phi) is 6.95. The number of nitrogens with two attached hydrogens (primary N) is 1. The van der Waals surface area contributed by atoms with Crippen molar-refractivity contribution >= 4 is 18.3 Å². The minimum atomic E-state index is 0. The zero-order chi connectivity index (χ0) is 13.7. The first-order chi connectivity index (χ1) is 9.19. The standard InChI is InChI=1S/C13H22N4O2.ClH/c1-9-15-13(19-17-9)7-6-12(18)16-11-5-3-2-4-10(11)8-14;/h10-11H,2-8,14H2,1H3,(H,16,18);1H. The third kappa shape index (κ3) is 4.76. The second-order valence-electron chi connectivity index (χ2n) is 5.19. The molecule has 1 aliphatic rings. The van der Waals surface area contributed by atoms with Crippen LogP contribution in [0.3, 0.4) is 0 Å². The van der Waals surface area contributed by atoms with Crippen LogP contribution in [-0.2, 0) is 11.2 Å². The summed E-state index contributed by atoms with van der Waals surface area (Å²) >= 11 is 0. The highest BCUT2D eigenvalue weighted by molar-refractivity contribution is 5.85. The molecule has 0 saturated heterocycles. The van der Waals surface area contributed by atoms with Crippen molar-refractivity contribution in [3.63, 3.8) is 0 Å². The number of carbonyl (C=O) groups excluding carboxylic acids is 1. The summed E-state index contributed by atoms with van der Waals surface area (Å²) in [6, 6.07) is 0.232. The minimum absolute atomic E-state index is 0. The first kappa shape index (κ1) is 16.9. The lowest BCUT2D eigenvalue weighted by Gasteiger charge is -2.31. The molecule has 1 amide bonds. The molecule has 1 fully saturated rings. The molecule has 1 aliphatic carbocycles. The van der Waals surface area contributed by atoms with E-state index in [1.165, 1.54) is 12.8 Å². The Labute approximate surface area is 125 Å². The average molecular weight is 303 g/mol. The zero-order valence-corrected chi connectivity index (χ0v) is 12.6. The van der Waals surface area contributed by atoms with Crippen molar-refractivity contribution in [1.29, 1.82) is 0 Å². The van der Waals surface area contributed by atoms with E-state index in [0.29, 0.717) is 37.0 Å². The largest absolute Gasteiger partial charge is 0.353 e. The van der Waals surface area contributed by atoms with Gasteiger partial charge in [0.25, 0.3) is 0 Å². The highest BCUT2D eigenvalue weighted by Gasteiger charge is 2.25. The lowest BCUT2D eigenvalue weighted by Crippen LogP contribution is -2.44. The van der Waals surface area contributed by atoms with E-state index >= 15 is 0 Å². The van der Waals surface area contributed by atoms with E-state index in [1.807, 2.05) is 0 Å². The molecule has 1 aromatic heterocycles. The monoisotopic (exact) mass is 302 g/mol. The normalized spacial score (nSPS) is 22.1. The molecule has 0 spiro atoms. The van der Waals surface area contributed by atoms with Gasteiger partial charge in [0.15, 0.2) is 5.82 Å². The molecule has 0 radical (unpaired) electrons. The molecule has 6 nitrogen and oxygen atoms in total. The highest BCUT2D eigenvalue weighted by Crippen LogP contribution is 2.23. The van der Waals surface area contributed by atoms with Gasteiger partial charge in [0.2, 0.25) is 11.8 Å². The van der Waals surface area contributed by atoms with Crippen LogP contribution in [-0.4, -0.2) is 28.6 Å². The van der Waals surface area contributed by atoms with Gasteiger partial charge in [-0.2, -0.15) is 4.98 Å². The van der Waals surface area contributed by atoms with E-state index in [4.69, 9.17) is 10.3 Å². The first-order valence-corrected chi connectivity index (χ1v) is 6.97. The molecular formula is C13H23ClN4O2. The third-order valence-electron chi connectivity index (χ3n) is 3.69. The summed E-state index contributed by atoms with van der Waals surface area (Å²) in [6.45, 7) is 2.41. The van der Waals surface area contributed by atoms with E-state index in [0.717, 1.165) is 12.8 Å². The quantitative estimate of drug-likeness (QED) is 0.856. The Morgan fingerprint density at radius 1 is 1.45 bits per heavy atom. The van der Waals surface area contributed by atoms with Crippen molar-refractivity contribution < 1.29 is 9.32 Å². The lowest BCUT2D eigenvalue weighted by atomic mass is 9.84. The van der Waals surface area contributed by atoms with Gasteiger partial charge in [-0.25, -0.2) is 0 Å². The first-order valence-electron chi connectivity index (χ1n) is 6.97. The van der Waals surface area contributed by atoms with Gasteiger partial charge in [-0.1, -0.05) is 18.0 Å². The maximum absolute atomic E-state index is 11.9. The van der Waals surface area contributed by atoms with Gasteiger partial charge in [0, 0.05) is 18.9 Å². The van der Waals surface area contributed by atoms with E-state index < -0.39 is 0 Å². The van der Waals surface area contributed by atoms with E-state index in [2.05, 4.69) is 15.5 Å². The topological polar surface area (TPSA) is 94.0 Å².